The third-order valence-electron chi connectivity index (χ3n) is 2.62. The molecule has 0 fully saturated rings. The molecule has 2 N–H and O–H groups in total. The fourth-order valence-electron chi connectivity index (χ4n) is 1.61. The maximum absolute atomic E-state index is 13.0. The molecule has 0 heterocycles. The molecule has 3 nitrogen and oxygen atoms in total. The van der Waals surface area contributed by atoms with Gasteiger partial charge in [0.05, 0.1) is 18.6 Å². The zero-order valence-electron chi connectivity index (χ0n) is 9.74. The molecule has 5 heteroatoms. The summed E-state index contributed by atoms with van der Waals surface area (Å²) in [6, 6.07) is 4.09. The number of hydrogen-bond acceptors (Lipinski definition) is 3. The highest BCUT2D eigenvalue weighted by Crippen LogP contribution is 2.26. The van der Waals surface area contributed by atoms with Crippen molar-refractivity contribution in [2.24, 2.45) is 5.73 Å². The number of benzene rings is 1. The van der Waals surface area contributed by atoms with Gasteiger partial charge in [0.15, 0.2) is 0 Å². The van der Waals surface area contributed by atoms with Crippen molar-refractivity contribution >= 4 is 17.6 Å². The molecule has 0 amide bonds. The molecule has 0 saturated carbocycles. The largest absolute Gasteiger partial charge is 0.469 e. The van der Waals surface area contributed by atoms with Gasteiger partial charge in [-0.15, -0.1) is 0 Å². The fourth-order valence-corrected chi connectivity index (χ4v) is 1.80. The highest BCUT2D eigenvalue weighted by molar-refractivity contribution is 6.30. The Hall–Kier alpha value is -1.13. The predicted octanol–water partition coefficient (Wildman–Crippen LogP) is 2.47. The van der Waals surface area contributed by atoms with Crippen molar-refractivity contribution in [3.05, 3.63) is 34.6 Å². The Labute approximate surface area is 105 Å². The quantitative estimate of drug-likeness (QED) is 0.845. The molecule has 2 unspecified atom stereocenters. The molecular formula is C12H15ClFNO2. The van der Waals surface area contributed by atoms with Gasteiger partial charge in [-0.2, -0.15) is 0 Å². The molecule has 17 heavy (non-hydrogen) atoms. The molecular weight excluding hydrogens is 245 g/mol. The van der Waals surface area contributed by atoms with Gasteiger partial charge >= 0.3 is 5.97 Å². The predicted molar refractivity (Wildman–Crippen MR) is 64.4 cm³/mol. The van der Waals surface area contributed by atoms with E-state index in [1.165, 1.54) is 19.2 Å². The molecule has 2 atom stereocenters. The van der Waals surface area contributed by atoms with Gasteiger partial charge in [-0.25, -0.2) is 4.39 Å². The third-order valence-corrected chi connectivity index (χ3v) is 2.91. The number of esters is 1. The van der Waals surface area contributed by atoms with Crippen LogP contribution in [0.3, 0.4) is 0 Å². The molecule has 0 spiro atoms. The van der Waals surface area contributed by atoms with Gasteiger partial charge in [-0.3, -0.25) is 4.79 Å². The van der Waals surface area contributed by atoms with Crippen LogP contribution in [0.15, 0.2) is 18.2 Å². The van der Waals surface area contributed by atoms with E-state index in [1.807, 2.05) is 0 Å². The van der Waals surface area contributed by atoms with E-state index in [9.17, 15) is 9.18 Å². The second-order valence-electron chi connectivity index (χ2n) is 3.92. The van der Waals surface area contributed by atoms with Crippen molar-refractivity contribution in [2.45, 2.75) is 25.3 Å². The number of methoxy groups -OCH3 is 1. The Morgan fingerprint density at radius 3 is 2.71 bits per heavy atom. The summed E-state index contributed by atoms with van der Waals surface area (Å²) in [6.45, 7) is 1.78. The van der Waals surface area contributed by atoms with Crippen molar-refractivity contribution in [1.29, 1.82) is 0 Å². The van der Waals surface area contributed by atoms with Crippen molar-refractivity contribution in [1.82, 2.24) is 0 Å². The topological polar surface area (TPSA) is 52.3 Å². The number of hydrogen-bond donors (Lipinski definition) is 1. The molecule has 0 aliphatic carbocycles. The summed E-state index contributed by atoms with van der Waals surface area (Å²) in [4.78, 5) is 11.3. The first-order valence-corrected chi connectivity index (χ1v) is 5.60. The molecule has 94 valence electrons. The molecule has 0 radical (unpaired) electrons. The normalized spacial score (nSPS) is 14.2. The molecule has 0 aliphatic heterocycles. The van der Waals surface area contributed by atoms with Crippen LogP contribution in [0.2, 0.25) is 5.02 Å². The second-order valence-corrected chi connectivity index (χ2v) is 4.33. The van der Waals surface area contributed by atoms with Crippen LogP contribution < -0.4 is 5.73 Å². The second kappa shape index (κ2) is 5.98. The van der Waals surface area contributed by atoms with E-state index in [-0.39, 0.29) is 29.4 Å². The van der Waals surface area contributed by atoms with Crippen LogP contribution >= 0.6 is 11.6 Å². The van der Waals surface area contributed by atoms with Gasteiger partial charge in [-0.05, 0) is 24.6 Å². The zero-order chi connectivity index (χ0) is 13.0. The Morgan fingerprint density at radius 1 is 1.59 bits per heavy atom. The van der Waals surface area contributed by atoms with Crippen molar-refractivity contribution in [3.63, 3.8) is 0 Å². The van der Waals surface area contributed by atoms with E-state index in [1.54, 1.807) is 13.0 Å². The van der Waals surface area contributed by atoms with E-state index in [0.717, 1.165) is 5.56 Å². The minimum Gasteiger partial charge on any atom is -0.469 e. The van der Waals surface area contributed by atoms with Crippen LogP contribution in [0.1, 0.15) is 24.8 Å². The molecule has 0 saturated heterocycles. The number of rotatable bonds is 4. The lowest BCUT2D eigenvalue weighted by Crippen LogP contribution is -2.27. The molecule has 0 aliphatic rings. The molecule has 1 aromatic rings. The summed E-state index contributed by atoms with van der Waals surface area (Å²) in [6.07, 6.45) is 0.149. The van der Waals surface area contributed by atoms with E-state index < -0.39 is 5.82 Å². The lowest BCUT2D eigenvalue weighted by molar-refractivity contribution is -0.141. The van der Waals surface area contributed by atoms with Gasteiger partial charge in [0.2, 0.25) is 0 Å². The Kier molecular flexibility index (Phi) is 4.90. The van der Waals surface area contributed by atoms with Crippen LogP contribution in [0, 0.1) is 5.82 Å². The molecule has 1 rings (SSSR count). The maximum Gasteiger partial charge on any atom is 0.306 e. The number of nitrogens with two attached hydrogens (primary N) is 1. The molecule has 0 aromatic heterocycles. The SMILES string of the molecule is COC(=O)CC(c1ccc(F)c(Cl)c1)C(C)N. The van der Waals surface area contributed by atoms with Gasteiger partial charge in [-0.1, -0.05) is 17.7 Å². The summed E-state index contributed by atoms with van der Waals surface area (Å²) < 4.78 is 17.6. The first kappa shape index (κ1) is 13.9. The smallest absolute Gasteiger partial charge is 0.306 e. The summed E-state index contributed by atoms with van der Waals surface area (Å²) in [5.41, 5.74) is 6.55. The van der Waals surface area contributed by atoms with E-state index in [4.69, 9.17) is 17.3 Å². The average Bonchev–Trinajstić information content (AvgIpc) is 2.29. The van der Waals surface area contributed by atoms with Gasteiger partial charge in [0.1, 0.15) is 5.82 Å². The van der Waals surface area contributed by atoms with E-state index in [0.29, 0.717) is 0 Å². The van der Waals surface area contributed by atoms with Crippen LogP contribution in [0.25, 0.3) is 0 Å². The van der Waals surface area contributed by atoms with Crippen LogP contribution in [-0.2, 0) is 9.53 Å². The van der Waals surface area contributed by atoms with Crippen molar-refractivity contribution in [3.8, 4) is 0 Å². The minimum atomic E-state index is -0.489. The number of halogens is 2. The van der Waals surface area contributed by atoms with Crippen molar-refractivity contribution < 1.29 is 13.9 Å². The lowest BCUT2D eigenvalue weighted by Gasteiger charge is -2.20. The minimum absolute atomic E-state index is 0.0259. The van der Waals surface area contributed by atoms with Gasteiger partial charge in [0.25, 0.3) is 0 Å². The van der Waals surface area contributed by atoms with Crippen molar-refractivity contribution in [2.75, 3.05) is 7.11 Å². The fraction of sp³-hybridized carbons (Fsp3) is 0.417. The zero-order valence-corrected chi connectivity index (χ0v) is 10.5. The standard InChI is InChI=1S/C12H15ClFNO2/c1-7(15)9(6-12(16)17-2)8-3-4-11(14)10(13)5-8/h3-5,7,9H,6,15H2,1-2H3. The highest BCUT2D eigenvalue weighted by Gasteiger charge is 2.21. The summed E-state index contributed by atoms with van der Waals surface area (Å²) in [5.74, 6) is -1.08. The third kappa shape index (κ3) is 3.68. The summed E-state index contributed by atoms with van der Waals surface area (Å²) in [7, 11) is 1.32. The first-order chi connectivity index (χ1) is 7.95. The summed E-state index contributed by atoms with van der Waals surface area (Å²) >= 11 is 5.70. The van der Waals surface area contributed by atoms with Crippen LogP contribution in [-0.4, -0.2) is 19.1 Å². The average molecular weight is 260 g/mol. The molecule has 0 bridgehead atoms. The number of carbonyl (C=O) groups is 1. The monoisotopic (exact) mass is 259 g/mol. The lowest BCUT2D eigenvalue weighted by atomic mass is 9.90. The maximum atomic E-state index is 13.0. The highest BCUT2D eigenvalue weighted by atomic mass is 35.5. The summed E-state index contributed by atoms with van der Waals surface area (Å²) in [5, 5.41) is 0.0259. The Morgan fingerprint density at radius 2 is 2.24 bits per heavy atom. The Balaban J connectivity index is 2.97. The van der Waals surface area contributed by atoms with Gasteiger partial charge in [0, 0.05) is 12.0 Å². The van der Waals surface area contributed by atoms with E-state index in [2.05, 4.69) is 4.74 Å². The Bertz CT molecular complexity index is 409. The first-order valence-electron chi connectivity index (χ1n) is 5.23. The molecule has 1 aromatic carbocycles. The van der Waals surface area contributed by atoms with E-state index >= 15 is 0 Å². The number of carbonyl (C=O) groups excluding carboxylic acids is 1. The van der Waals surface area contributed by atoms with Gasteiger partial charge < -0.3 is 10.5 Å². The number of ether oxygens (including phenoxy) is 1. The van der Waals surface area contributed by atoms with Crippen LogP contribution in [0.4, 0.5) is 4.39 Å². The van der Waals surface area contributed by atoms with Crippen LogP contribution in [0.5, 0.6) is 0 Å².